The van der Waals surface area contributed by atoms with Crippen LogP contribution in [0.5, 0.6) is 0 Å². The predicted octanol–water partition coefficient (Wildman–Crippen LogP) is 2.50. The Morgan fingerprint density at radius 1 is 1.26 bits per heavy atom. The lowest BCUT2D eigenvalue weighted by Crippen LogP contribution is -2.29. The highest BCUT2D eigenvalue weighted by Crippen LogP contribution is 2.40. The molecule has 4 nitrogen and oxygen atoms in total. The van der Waals surface area contributed by atoms with Gasteiger partial charge < -0.3 is 10.5 Å². The van der Waals surface area contributed by atoms with Crippen molar-refractivity contribution in [1.82, 2.24) is 9.97 Å². The zero-order valence-electron chi connectivity index (χ0n) is 10.8. The fraction of sp³-hybridized carbons (Fsp3) is 0.429. The number of nitrogens with zero attached hydrogens (tertiary/aromatic N) is 2. The molecule has 0 aliphatic carbocycles. The number of fused-ring (bicyclic) bond motifs is 1. The largest absolute Gasteiger partial charge is 0.383 e. The Kier molecular flexibility index (Phi) is 2.86. The van der Waals surface area contributed by atoms with Crippen LogP contribution in [-0.4, -0.2) is 23.2 Å². The molecule has 2 heterocycles. The molecular weight excluding hydrogens is 245 g/mol. The van der Waals surface area contributed by atoms with Crippen LogP contribution in [0.25, 0.3) is 10.9 Å². The minimum atomic E-state index is -1.40. The molecule has 0 saturated carbocycles. The van der Waals surface area contributed by atoms with Gasteiger partial charge in [-0.25, -0.2) is 14.4 Å². The van der Waals surface area contributed by atoms with Crippen molar-refractivity contribution in [2.45, 2.75) is 25.4 Å². The van der Waals surface area contributed by atoms with Gasteiger partial charge in [-0.05, 0) is 13.0 Å². The molecule has 1 saturated heterocycles. The molecule has 0 unspecified atom stereocenters. The molecule has 0 atom stereocenters. The van der Waals surface area contributed by atoms with Crippen LogP contribution in [0.3, 0.4) is 0 Å². The van der Waals surface area contributed by atoms with Crippen LogP contribution in [0.1, 0.15) is 24.2 Å². The zero-order chi connectivity index (χ0) is 13.5. The fourth-order valence-electron chi connectivity index (χ4n) is 2.67. The highest BCUT2D eigenvalue weighted by molar-refractivity contribution is 5.91. The number of hydrogen-bond acceptors (Lipinski definition) is 4. The van der Waals surface area contributed by atoms with Crippen molar-refractivity contribution >= 4 is 16.7 Å². The van der Waals surface area contributed by atoms with Crippen LogP contribution in [0, 0.1) is 6.92 Å². The van der Waals surface area contributed by atoms with E-state index in [4.69, 9.17) is 10.5 Å². The minimum Gasteiger partial charge on any atom is -0.383 e. The second-order valence-electron chi connectivity index (χ2n) is 4.93. The van der Waals surface area contributed by atoms with Crippen molar-refractivity contribution in [2.24, 2.45) is 0 Å². The summed E-state index contributed by atoms with van der Waals surface area (Å²) in [5, 5.41) is 0.637. The Labute approximate surface area is 110 Å². The monoisotopic (exact) mass is 261 g/mol. The molecule has 1 fully saturated rings. The summed E-state index contributed by atoms with van der Waals surface area (Å²) < 4.78 is 20.4. The minimum absolute atomic E-state index is 0.347. The molecule has 0 amide bonds. The van der Waals surface area contributed by atoms with E-state index in [1.165, 1.54) is 0 Å². The Hall–Kier alpha value is -1.75. The first kappa shape index (κ1) is 12.3. The molecular formula is C14H16FN3O. The average molecular weight is 261 g/mol. The lowest BCUT2D eigenvalue weighted by molar-refractivity contribution is -0.0106. The molecule has 2 N–H and O–H groups in total. The van der Waals surface area contributed by atoms with E-state index < -0.39 is 5.67 Å². The molecule has 1 aromatic carbocycles. The number of halogens is 1. The number of nitrogens with two attached hydrogens (primary N) is 1. The van der Waals surface area contributed by atoms with Crippen LogP contribution < -0.4 is 5.73 Å². The number of anilines is 1. The summed E-state index contributed by atoms with van der Waals surface area (Å²) in [6.45, 7) is 2.64. The fourth-order valence-corrected chi connectivity index (χ4v) is 2.67. The summed E-state index contributed by atoms with van der Waals surface area (Å²) >= 11 is 0. The quantitative estimate of drug-likeness (QED) is 0.856. The summed E-state index contributed by atoms with van der Waals surface area (Å²) in [6, 6.07) is 5.44. The van der Waals surface area contributed by atoms with Gasteiger partial charge in [-0.2, -0.15) is 0 Å². The van der Waals surface area contributed by atoms with Gasteiger partial charge >= 0.3 is 0 Å². The number of alkyl halides is 1. The van der Waals surface area contributed by atoms with Crippen molar-refractivity contribution < 1.29 is 9.13 Å². The highest BCUT2D eigenvalue weighted by atomic mass is 19.1. The molecule has 1 aliphatic rings. The summed E-state index contributed by atoms with van der Waals surface area (Å²) in [6.07, 6.45) is 0.693. The smallest absolute Gasteiger partial charge is 0.141 e. The van der Waals surface area contributed by atoms with Gasteiger partial charge in [-0.3, -0.25) is 0 Å². The van der Waals surface area contributed by atoms with Crippen molar-refractivity contribution in [3.8, 4) is 0 Å². The van der Waals surface area contributed by atoms with Crippen molar-refractivity contribution in [3.05, 3.63) is 29.6 Å². The Bertz CT molecular complexity index is 623. The molecule has 5 heteroatoms. The second-order valence-corrected chi connectivity index (χ2v) is 4.93. The van der Waals surface area contributed by atoms with Gasteiger partial charge in [0, 0.05) is 37.0 Å². The van der Waals surface area contributed by atoms with Crippen LogP contribution >= 0.6 is 0 Å². The lowest BCUT2D eigenvalue weighted by Gasteiger charge is -2.30. The third kappa shape index (κ3) is 2.04. The molecule has 19 heavy (non-hydrogen) atoms. The van der Waals surface area contributed by atoms with Crippen molar-refractivity contribution in [2.75, 3.05) is 18.9 Å². The van der Waals surface area contributed by atoms with E-state index in [1.54, 1.807) is 13.0 Å². The highest BCUT2D eigenvalue weighted by Gasteiger charge is 2.36. The van der Waals surface area contributed by atoms with E-state index in [0.29, 0.717) is 54.2 Å². The van der Waals surface area contributed by atoms with Crippen molar-refractivity contribution in [1.29, 1.82) is 0 Å². The van der Waals surface area contributed by atoms with E-state index in [-0.39, 0.29) is 0 Å². The number of aryl methyl sites for hydroxylation is 1. The van der Waals surface area contributed by atoms with Gasteiger partial charge in [-0.15, -0.1) is 0 Å². The molecule has 0 radical (unpaired) electrons. The third-order valence-corrected chi connectivity index (χ3v) is 3.63. The van der Waals surface area contributed by atoms with Gasteiger partial charge in [0.1, 0.15) is 17.3 Å². The van der Waals surface area contributed by atoms with E-state index in [2.05, 4.69) is 9.97 Å². The molecule has 0 spiro atoms. The first-order valence-electron chi connectivity index (χ1n) is 6.40. The number of aromatic nitrogens is 2. The summed E-state index contributed by atoms with van der Waals surface area (Å²) in [4.78, 5) is 8.49. The maximum absolute atomic E-state index is 15.1. The van der Waals surface area contributed by atoms with E-state index in [9.17, 15) is 0 Å². The Balaban J connectivity index is 2.23. The standard InChI is InChI=1S/C14H16FN3O/c1-9-17-11-4-2-3-10(12(11)13(16)18-9)14(15)5-7-19-8-6-14/h2-4H,5-8H2,1H3,(H2,16,17,18). The van der Waals surface area contributed by atoms with E-state index >= 15 is 4.39 Å². The van der Waals surface area contributed by atoms with Gasteiger partial charge in [0.2, 0.25) is 0 Å². The number of nitrogen functional groups attached to an aromatic ring is 1. The normalized spacial score (nSPS) is 18.6. The number of rotatable bonds is 1. The maximum Gasteiger partial charge on any atom is 0.141 e. The Morgan fingerprint density at radius 2 is 2.00 bits per heavy atom. The van der Waals surface area contributed by atoms with E-state index in [0.717, 1.165) is 0 Å². The summed E-state index contributed by atoms with van der Waals surface area (Å²) in [5.41, 5.74) is 5.86. The molecule has 100 valence electrons. The molecule has 1 aliphatic heterocycles. The summed E-state index contributed by atoms with van der Waals surface area (Å²) in [5.74, 6) is 0.948. The van der Waals surface area contributed by atoms with E-state index in [1.807, 2.05) is 12.1 Å². The molecule has 0 bridgehead atoms. The maximum atomic E-state index is 15.1. The first-order chi connectivity index (χ1) is 9.10. The average Bonchev–Trinajstić information content (AvgIpc) is 2.38. The van der Waals surface area contributed by atoms with Gasteiger partial charge in [0.05, 0.1) is 5.52 Å². The second kappa shape index (κ2) is 4.42. The van der Waals surface area contributed by atoms with Crippen LogP contribution in [0.2, 0.25) is 0 Å². The molecule has 3 rings (SSSR count). The summed E-state index contributed by atoms with van der Waals surface area (Å²) in [7, 11) is 0. The SMILES string of the molecule is Cc1nc(N)c2c(C3(F)CCOCC3)cccc2n1. The molecule has 2 aromatic rings. The van der Waals surface area contributed by atoms with Crippen LogP contribution in [-0.2, 0) is 10.4 Å². The van der Waals surface area contributed by atoms with Crippen molar-refractivity contribution in [3.63, 3.8) is 0 Å². The van der Waals surface area contributed by atoms with Gasteiger partial charge in [0.25, 0.3) is 0 Å². The zero-order valence-corrected chi connectivity index (χ0v) is 10.8. The third-order valence-electron chi connectivity index (χ3n) is 3.63. The Morgan fingerprint density at radius 3 is 2.74 bits per heavy atom. The lowest BCUT2D eigenvalue weighted by atomic mass is 9.86. The first-order valence-corrected chi connectivity index (χ1v) is 6.40. The van der Waals surface area contributed by atoms with Crippen LogP contribution in [0.4, 0.5) is 10.2 Å². The predicted molar refractivity (Wildman–Crippen MR) is 71.5 cm³/mol. The topological polar surface area (TPSA) is 61.0 Å². The number of hydrogen-bond donors (Lipinski definition) is 1. The van der Waals surface area contributed by atoms with Crippen LogP contribution in [0.15, 0.2) is 18.2 Å². The molecule has 1 aromatic heterocycles. The van der Waals surface area contributed by atoms with Gasteiger partial charge in [-0.1, -0.05) is 12.1 Å². The number of ether oxygens (including phenoxy) is 1. The van der Waals surface area contributed by atoms with Gasteiger partial charge in [0.15, 0.2) is 0 Å². The number of benzene rings is 1.